The molecule has 0 saturated heterocycles. The summed E-state index contributed by atoms with van der Waals surface area (Å²) in [6.45, 7) is 8.14. The lowest BCUT2D eigenvalue weighted by molar-refractivity contribution is -0.135. The van der Waals surface area contributed by atoms with E-state index in [1.54, 1.807) is 0 Å². The Morgan fingerprint density at radius 1 is 0.679 bits per heavy atom. The number of hydrogen-bond donors (Lipinski definition) is 1. The van der Waals surface area contributed by atoms with E-state index in [1.807, 2.05) is 4.90 Å². The first kappa shape index (κ1) is 26.9. The van der Waals surface area contributed by atoms with E-state index in [9.17, 15) is 9.59 Å². The molecule has 0 aromatic carbocycles. The maximum Gasteiger partial charge on any atom is 0.223 e. The monoisotopic (exact) mass is 396 g/mol. The van der Waals surface area contributed by atoms with E-state index in [0.29, 0.717) is 6.42 Å². The van der Waals surface area contributed by atoms with E-state index in [2.05, 4.69) is 20.8 Å². The molecule has 0 fully saturated rings. The minimum absolute atomic E-state index is 0.109. The maximum atomic E-state index is 12.7. The molecule has 1 atom stereocenters. The number of amides is 2. The van der Waals surface area contributed by atoms with Crippen molar-refractivity contribution in [1.29, 1.82) is 0 Å². The quantitative estimate of drug-likeness (QED) is 0.248. The molecule has 0 heterocycles. The molecule has 166 valence electrons. The number of hydrogen-bond acceptors (Lipinski definition) is 2. The molecule has 0 saturated carbocycles. The van der Waals surface area contributed by atoms with Crippen LogP contribution in [0, 0.1) is 5.92 Å². The van der Waals surface area contributed by atoms with Gasteiger partial charge in [0.25, 0.3) is 0 Å². The highest BCUT2D eigenvalue weighted by Crippen LogP contribution is 2.18. The van der Waals surface area contributed by atoms with E-state index >= 15 is 0 Å². The number of carbonyl (C=O) groups excluding carboxylic acids is 2. The number of primary amides is 1. The minimum atomic E-state index is -0.310. The standard InChI is InChI=1S/C24H48N2O2/c1-4-7-10-11-12-13-14-15-16-17-18-22(24(25)28)21-23(27)26(19-8-5-2)20-9-6-3/h22H,4-21H2,1-3H3,(H2,25,28). The average Bonchev–Trinajstić information content (AvgIpc) is 2.68. The lowest BCUT2D eigenvalue weighted by Crippen LogP contribution is -2.36. The third kappa shape index (κ3) is 14.9. The molecule has 28 heavy (non-hydrogen) atoms. The Balaban J connectivity index is 4.09. The second-order valence-electron chi connectivity index (χ2n) is 8.36. The van der Waals surface area contributed by atoms with Crippen LogP contribution in [0.25, 0.3) is 0 Å². The highest BCUT2D eigenvalue weighted by Gasteiger charge is 2.22. The van der Waals surface area contributed by atoms with Crippen LogP contribution in [0.4, 0.5) is 0 Å². The normalized spacial score (nSPS) is 12.1. The maximum absolute atomic E-state index is 12.7. The van der Waals surface area contributed by atoms with Crippen molar-refractivity contribution in [2.45, 2.75) is 124 Å². The molecule has 0 bridgehead atoms. The van der Waals surface area contributed by atoms with Crippen molar-refractivity contribution < 1.29 is 9.59 Å². The van der Waals surface area contributed by atoms with Crippen molar-refractivity contribution in [2.75, 3.05) is 13.1 Å². The highest BCUT2D eigenvalue weighted by atomic mass is 16.2. The first-order valence-corrected chi connectivity index (χ1v) is 12.1. The molecule has 2 N–H and O–H groups in total. The van der Waals surface area contributed by atoms with E-state index in [4.69, 9.17) is 5.73 Å². The Labute approximate surface area is 175 Å². The number of rotatable bonds is 20. The summed E-state index contributed by atoms with van der Waals surface area (Å²) in [7, 11) is 0. The molecular formula is C24H48N2O2. The van der Waals surface area contributed by atoms with Crippen LogP contribution in [0.2, 0.25) is 0 Å². The zero-order chi connectivity index (χ0) is 21.0. The van der Waals surface area contributed by atoms with Gasteiger partial charge in [0, 0.05) is 25.4 Å². The Bertz CT molecular complexity index is 377. The van der Waals surface area contributed by atoms with Gasteiger partial charge in [0.1, 0.15) is 0 Å². The largest absolute Gasteiger partial charge is 0.369 e. The van der Waals surface area contributed by atoms with Gasteiger partial charge in [-0.1, -0.05) is 97.8 Å². The van der Waals surface area contributed by atoms with Gasteiger partial charge in [-0.05, 0) is 19.3 Å². The predicted octanol–water partition coefficient (Wildman–Crippen LogP) is 6.22. The van der Waals surface area contributed by atoms with Crippen molar-refractivity contribution in [3.63, 3.8) is 0 Å². The van der Waals surface area contributed by atoms with Gasteiger partial charge in [-0.15, -0.1) is 0 Å². The summed E-state index contributed by atoms with van der Waals surface area (Å²) in [6.07, 6.45) is 18.0. The molecule has 0 rings (SSSR count). The number of nitrogens with two attached hydrogens (primary N) is 1. The molecule has 0 aromatic rings. The predicted molar refractivity (Wildman–Crippen MR) is 120 cm³/mol. The lowest BCUT2D eigenvalue weighted by Gasteiger charge is -2.24. The van der Waals surface area contributed by atoms with Crippen LogP contribution >= 0.6 is 0 Å². The van der Waals surface area contributed by atoms with E-state index in [0.717, 1.165) is 58.0 Å². The molecule has 4 nitrogen and oxygen atoms in total. The van der Waals surface area contributed by atoms with E-state index in [1.165, 1.54) is 51.4 Å². The molecule has 4 heteroatoms. The van der Waals surface area contributed by atoms with E-state index in [-0.39, 0.29) is 17.7 Å². The van der Waals surface area contributed by atoms with Crippen molar-refractivity contribution in [3.8, 4) is 0 Å². The number of unbranched alkanes of at least 4 members (excludes halogenated alkanes) is 11. The van der Waals surface area contributed by atoms with Crippen molar-refractivity contribution in [1.82, 2.24) is 4.90 Å². The fraction of sp³-hybridized carbons (Fsp3) is 0.917. The topological polar surface area (TPSA) is 63.4 Å². The molecular weight excluding hydrogens is 348 g/mol. The Morgan fingerprint density at radius 3 is 1.54 bits per heavy atom. The lowest BCUT2D eigenvalue weighted by atomic mass is 9.95. The second-order valence-corrected chi connectivity index (χ2v) is 8.36. The minimum Gasteiger partial charge on any atom is -0.369 e. The third-order valence-electron chi connectivity index (χ3n) is 5.65. The van der Waals surface area contributed by atoms with Crippen molar-refractivity contribution >= 4 is 11.8 Å². The van der Waals surface area contributed by atoms with Gasteiger partial charge < -0.3 is 10.6 Å². The number of carbonyl (C=O) groups is 2. The SMILES string of the molecule is CCCCCCCCCCCCC(CC(=O)N(CCCC)CCCC)C(N)=O. The smallest absolute Gasteiger partial charge is 0.223 e. The second kappa shape index (κ2) is 19.3. The van der Waals surface area contributed by atoms with Crippen LogP contribution in [-0.4, -0.2) is 29.8 Å². The highest BCUT2D eigenvalue weighted by molar-refractivity contribution is 5.84. The summed E-state index contributed by atoms with van der Waals surface area (Å²) >= 11 is 0. The molecule has 0 aliphatic heterocycles. The third-order valence-corrected chi connectivity index (χ3v) is 5.65. The summed E-state index contributed by atoms with van der Waals surface area (Å²) < 4.78 is 0. The molecule has 2 amide bonds. The molecule has 0 radical (unpaired) electrons. The van der Waals surface area contributed by atoms with Gasteiger partial charge in [0.2, 0.25) is 11.8 Å². The zero-order valence-corrected chi connectivity index (χ0v) is 19.1. The zero-order valence-electron chi connectivity index (χ0n) is 19.1. The number of nitrogens with zero attached hydrogens (tertiary/aromatic N) is 1. The molecule has 1 unspecified atom stereocenters. The molecule has 0 aliphatic rings. The van der Waals surface area contributed by atoms with Crippen LogP contribution in [0.15, 0.2) is 0 Å². The summed E-state index contributed by atoms with van der Waals surface area (Å²) in [4.78, 5) is 26.4. The van der Waals surface area contributed by atoms with Gasteiger partial charge in [0.15, 0.2) is 0 Å². The first-order chi connectivity index (χ1) is 13.6. The summed E-state index contributed by atoms with van der Waals surface area (Å²) in [5, 5.41) is 0. The van der Waals surface area contributed by atoms with Crippen LogP contribution in [-0.2, 0) is 9.59 Å². The Kier molecular flexibility index (Phi) is 18.5. The van der Waals surface area contributed by atoms with Crippen molar-refractivity contribution in [2.24, 2.45) is 11.7 Å². The first-order valence-electron chi connectivity index (χ1n) is 12.1. The Morgan fingerprint density at radius 2 is 1.11 bits per heavy atom. The Hall–Kier alpha value is -1.06. The van der Waals surface area contributed by atoms with Crippen LogP contribution < -0.4 is 5.73 Å². The summed E-state index contributed by atoms with van der Waals surface area (Å²) in [5.41, 5.74) is 5.60. The molecule has 0 spiro atoms. The van der Waals surface area contributed by atoms with Crippen LogP contribution in [0.5, 0.6) is 0 Å². The fourth-order valence-corrected chi connectivity index (χ4v) is 3.62. The van der Waals surface area contributed by atoms with Gasteiger partial charge in [-0.2, -0.15) is 0 Å². The van der Waals surface area contributed by atoms with Gasteiger partial charge >= 0.3 is 0 Å². The van der Waals surface area contributed by atoms with Crippen LogP contribution in [0.3, 0.4) is 0 Å². The average molecular weight is 397 g/mol. The molecule has 0 aliphatic carbocycles. The van der Waals surface area contributed by atoms with Gasteiger partial charge in [-0.3, -0.25) is 9.59 Å². The fourth-order valence-electron chi connectivity index (χ4n) is 3.62. The van der Waals surface area contributed by atoms with Gasteiger partial charge in [0.05, 0.1) is 0 Å². The van der Waals surface area contributed by atoms with Crippen molar-refractivity contribution in [3.05, 3.63) is 0 Å². The van der Waals surface area contributed by atoms with E-state index < -0.39 is 0 Å². The van der Waals surface area contributed by atoms with Gasteiger partial charge in [-0.25, -0.2) is 0 Å². The molecule has 0 aromatic heterocycles. The summed E-state index contributed by atoms with van der Waals surface area (Å²) in [6, 6.07) is 0. The summed E-state index contributed by atoms with van der Waals surface area (Å²) in [5.74, 6) is -0.500. The van der Waals surface area contributed by atoms with Crippen LogP contribution in [0.1, 0.15) is 124 Å².